The standard InChI is InChI=1S/C16H22N2O2/c17-13-14-4-1-7-16(12-14)20-11-9-18-8-2-5-15(18)6-3-10-19/h1,4,7,12,15,19H,2-3,5-6,8-11H2. The first-order valence-corrected chi connectivity index (χ1v) is 7.31. The molecule has 1 atom stereocenters. The van der Waals surface area contributed by atoms with Crippen molar-refractivity contribution >= 4 is 0 Å². The predicted molar refractivity (Wildman–Crippen MR) is 77.6 cm³/mol. The lowest BCUT2D eigenvalue weighted by Gasteiger charge is -2.24. The first-order valence-electron chi connectivity index (χ1n) is 7.31. The molecule has 108 valence electrons. The van der Waals surface area contributed by atoms with E-state index in [1.807, 2.05) is 12.1 Å². The highest BCUT2D eigenvalue weighted by Gasteiger charge is 2.23. The number of nitrogens with zero attached hydrogens (tertiary/aromatic N) is 2. The lowest BCUT2D eigenvalue weighted by Crippen LogP contribution is -2.33. The van der Waals surface area contributed by atoms with Gasteiger partial charge in [-0.15, -0.1) is 0 Å². The maximum atomic E-state index is 8.92. The molecule has 0 spiro atoms. The summed E-state index contributed by atoms with van der Waals surface area (Å²) >= 11 is 0. The minimum Gasteiger partial charge on any atom is -0.492 e. The smallest absolute Gasteiger partial charge is 0.120 e. The molecule has 1 unspecified atom stereocenters. The van der Waals surface area contributed by atoms with Gasteiger partial charge in [-0.3, -0.25) is 4.90 Å². The Morgan fingerprint density at radius 3 is 3.15 bits per heavy atom. The van der Waals surface area contributed by atoms with Crippen molar-refractivity contribution in [1.82, 2.24) is 4.90 Å². The summed E-state index contributed by atoms with van der Waals surface area (Å²) in [4.78, 5) is 2.45. The largest absolute Gasteiger partial charge is 0.492 e. The summed E-state index contributed by atoms with van der Waals surface area (Å²) in [6, 6.07) is 9.98. The first kappa shape index (κ1) is 14.8. The van der Waals surface area contributed by atoms with Crippen molar-refractivity contribution in [3.8, 4) is 11.8 Å². The van der Waals surface area contributed by atoms with Gasteiger partial charge < -0.3 is 9.84 Å². The monoisotopic (exact) mass is 274 g/mol. The molecule has 0 amide bonds. The zero-order valence-electron chi connectivity index (χ0n) is 11.8. The molecular formula is C16H22N2O2. The molecule has 4 heteroatoms. The minimum absolute atomic E-state index is 0.280. The number of aliphatic hydroxyl groups excluding tert-OH is 1. The van der Waals surface area contributed by atoms with Crippen LogP contribution in [-0.2, 0) is 0 Å². The number of nitriles is 1. The highest BCUT2D eigenvalue weighted by Crippen LogP contribution is 2.21. The van der Waals surface area contributed by atoms with Crippen LogP contribution in [0.25, 0.3) is 0 Å². The van der Waals surface area contributed by atoms with E-state index in [0.717, 1.165) is 31.7 Å². The van der Waals surface area contributed by atoms with Gasteiger partial charge in [0.2, 0.25) is 0 Å². The zero-order valence-corrected chi connectivity index (χ0v) is 11.8. The van der Waals surface area contributed by atoms with Crippen LogP contribution >= 0.6 is 0 Å². The van der Waals surface area contributed by atoms with Gasteiger partial charge >= 0.3 is 0 Å². The molecule has 1 aromatic rings. The molecule has 20 heavy (non-hydrogen) atoms. The van der Waals surface area contributed by atoms with Crippen LogP contribution in [0.3, 0.4) is 0 Å². The third-order valence-electron chi connectivity index (χ3n) is 3.80. The maximum absolute atomic E-state index is 8.92. The fraction of sp³-hybridized carbons (Fsp3) is 0.562. The molecule has 1 fully saturated rings. The lowest BCUT2D eigenvalue weighted by atomic mass is 10.1. The van der Waals surface area contributed by atoms with Crippen molar-refractivity contribution in [1.29, 1.82) is 5.26 Å². The zero-order chi connectivity index (χ0) is 14.2. The Morgan fingerprint density at radius 1 is 1.45 bits per heavy atom. The van der Waals surface area contributed by atoms with Crippen LogP contribution in [0.4, 0.5) is 0 Å². The molecule has 1 aromatic carbocycles. The molecule has 0 saturated carbocycles. The van der Waals surface area contributed by atoms with Crippen LogP contribution in [0.2, 0.25) is 0 Å². The summed E-state index contributed by atoms with van der Waals surface area (Å²) in [5.41, 5.74) is 0.629. The third-order valence-corrected chi connectivity index (χ3v) is 3.80. The SMILES string of the molecule is N#Cc1cccc(OCCN2CCCC2CCCO)c1. The number of hydrogen-bond donors (Lipinski definition) is 1. The average Bonchev–Trinajstić information content (AvgIpc) is 2.93. The minimum atomic E-state index is 0.280. The molecule has 0 aliphatic carbocycles. The number of likely N-dealkylation sites (tertiary alicyclic amines) is 1. The fourth-order valence-electron chi connectivity index (χ4n) is 2.78. The molecule has 1 N–H and O–H groups in total. The Balaban J connectivity index is 1.76. The van der Waals surface area contributed by atoms with E-state index >= 15 is 0 Å². The average molecular weight is 274 g/mol. The molecule has 1 aliphatic rings. The summed E-state index contributed by atoms with van der Waals surface area (Å²) in [6.45, 7) is 2.96. The van der Waals surface area contributed by atoms with Gasteiger partial charge in [0.25, 0.3) is 0 Å². The number of ether oxygens (including phenoxy) is 1. The van der Waals surface area contributed by atoms with E-state index in [0.29, 0.717) is 18.2 Å². The molecular weight excluding hydrogens is 252 g/mol. The van der Waals surface area contributed by atoms with Gasteiger partial charge in [-0.2, -0.15) is 5.26 Å². The molecule has 1 saturated heterocycles. The summed E-state index contributed by atoms with van der Waals surface area (Å²) in [5.74, 6) is 0.759. The van der Waals surface area contributed by atoms with E-state index in [9.17, 15) is 0 Å². The molecule has 2 rings (SSSR count). The van der Waals surface area contributed by atoms with E-state index in [2.05, 4.69) is 11.0 Å². The topological polar surface area (TPSA) is 56.5 Å². The Labute approximate surface area is 120 Å². The summed E-state index contributed by atoms with van der Waals surface area (Å²) in [6.07, 6.45) is 4.41. The predicted octanol–water partition coefficient (Wildman–Crippen LogP) is 2.17. The number of hydrogen-bond acceptors (Lipinski definition) is 4. The van der Waals surface area contributed by atoms with Gasteiger partial charge in [-0.1, -0.05) is 6.07 Å². The van der Waals surface area contributed by atoms with E-state index in [1.165, 1.54) is 12.8 Å². The van der Waals surface area contributed by atoms with Gasteiger partial charge in [0.1, 0.15) is 12.4 Å². The van der Waals surface area contributed by atoms with Crippen LogP contribution in [0.15, 0.2) is 24.3 Å². The number of aliphatic hydroxyl groups is 1. The summed E-state index contributed by atoms with van der Waals surface area (Å²) in [7, 11) is 0. The summed E-state index contributed by atoms with van der Waals surface area (Å²) < 4.78 is 5.72. The van der Waals surface area contributed by atoms with Crippen LogP contribution in [0.1, 0.15) is 31.2 Å². The van der Waals surface area contributed by atoms with E-state index in [-0.39, 0.29) is 6.61 Å². The molecule has 4 nitrogen and oxygen atoms in total. The highest BCUT2D eigenvalue weighted by molar-refractivity contribution is 5.36. The van der Waals surface area contributed by atoms with Gasteiger partial charge in [-0.25, -0.2) is 0 Å². The Kier molecular flexibility index (Phi) is 5.85. The van der Waals surface area contributed by atoms with Crippen molar-refractivity contribution < 1.29 is 9.84 Å². The molecule has 1 heterocycles. The maximum Gasteiger partial charge on any atom is 0.120 e. The van der Waals surface area contributed by atoms with Crippen LogP contribution < -0.4 is 4.74 Å². The van der Waals surface area contributed by atoms with Crippen molar-refractivity contribution in [3.63, 3.8) is 0 Å². The van der Waals surface area contributed by atoms with Crippen molar-refractivity contribution in [2.24, 2.45) is 0 Å². The van der Waals surface area contributed by atoms with E-state index < -0.39 is 0 Å². The van der Waals surface area contributed by atoms with Crippen molar-refractivity contribution in [2.75, 3.05) is 26.3 Å². The Morgan fingerprint density at radius 2 is 2.35 bits per heavy atom. The van der Waals surface area contributed by atoms with Gasteiger partial charge in [0.15, 0.2) is 0 Å². The van der Waals surface area contributed by atoms with Gasteiger partial charge in [0, 0.05) is 19.2 Å². The molecule has 0 radical (unpaired) electrons. The van der Waals surface area contributed by atoms with Crippen LogP contribution in [0, 0.1) is 11.3 Å². The quantitative estimate of drug-likeness (QED) is 0.828. The van der Waals surface area contributed by atoms with Gasteiger partial charge in [0.05, 0.1) is 11.6 Å². The highest BCUT2D eigenvalue weighted by atomic mass is 16.5. The second-order valence-electron chi connectivity index (χ2n) is 5.19. The van der Waals surface area contributed by atoms with Gasteiger partial charge in [-0.05, 0) is 50.4 Å². The fourth-order valence-corrected chi connectivity index (χ4v) is 2.78. The van der Waals surface area contributed by atoms with E-state index in [1.54, 1.807) is 12.1 Å². The van der Waals surface area contributed by atoms with Crippen molar-refractivity contribution in [2.45, 2.75) is 31.7 Å². The Hall–Kier alpha value is -1.57. The normalized spacial score (nSPS) is 18.9. The molecule has 0 aromatic heterocycles. The number of rotatable bonds is 7. The van der Waals surface area contributed by atoms with Crippen molar-refractivity contribution in [3.05, 3.63) is 29.8 Å². The van der Waals surface area contributed by atoms with Crippen LogP contribution in [-0.4, -0.2) is 42.4 Å². The van der Waals surface area contributed by atoms with E-state index in [4.69, 9.17) is 15.1 Å². The molecule has 0 bridgehead atoms. The van der Waals surface area contributed by atoms with Crippen LogP contribution in [0.5, 0.6) is 5.75 Å². The molecule has 1 aliphatic heterocycles. The Bertz CT molecular complexity index is 456. The first-order chi connectivity index (χ1) is 9.83. The second-order valence-corrected chi connectivity index (χ2v) is 5.19. The summed E-state index contributed by atoms with van der Waals surface area (Å²) in [5, 5.41) is 17.8. The second kappa shape index (κ2) is 7.88. The number of benzene rings is 1. The lowest BCUT2D eigenvalue weighted by molar-refractivity contribution is 0.180. The third kappa shape index (κ3) is 4.22.